The largest absolute Gasteiger partial charge is 0.340 e. The van der Waals surface area contributed by atoms with Gasteiger partial charge in [-0.3, -0.25) is 9.59 Å². The molecule has 166 valence electrons. The van der Waals surface area contributed by atoms with Gasteiger partial charge >= 0.3 is 0 Å². The molecule has 1 aromatic carbocycles. The quantitative estimate of drug-likeness (QED) is 0.660. The SMILES string of the molecule is CCN(CC)C(=O)c1ccc(S(=O)(=O)N2CCN(C(=O)CC3CCCC3)CC2)cc1. The molecule has 7 nitrogen and oxygen atoms in total. The van der Waals surface area contributed by atoms with Crippen molar-refractivity contribution in [2.24, 2.45) is 5.92 Å². The zero-order valence-electron chi connectivity index (χ0n) is 18.0. The summed E-state index contributed by atoms with van der Waals surface area (Å²) in [5.74, 6) is 0.549. The number of hydrogen-bond acceptors (Lipinski definition) is 4. The highest BCUT2D eigenvalue weighted by Crippen LogP contribution is 2.28. The Balaban J connectivity index is 1.59. The van der Waals surface area contributed by atoms with Crippen LogP contribution in [0.2, 0.25) is 0 Å². The van der Waals surface area contributed by atoms with E-state index in [-0.39, 0.29) is 16.7 Å². The fourth-order valence-electron chi connectivity index (χ4n) is 4.38. The summed E-state index contributed by atoms with van der Waals surface area (Å²) in [4.78, 5) is 28.6. The van der Waals surface area contributed by atoms with Crippen molar-refractivity contribution in [2.75, 3.05) is 39.3 Å². The summed E-state index contributed by atoms with van der Waals surface area (Å²) in [6, 6.07) is 6.16. The first-order valence-electron chi connectivity index (χ1n) is 11.0. The Morgan fingerprint density at radius 2 is 1.53 bits per heavy atom. The summed E-state index contributed by atoms with van der Waals surface area (Å²) in [6.45, 7) is 6.53. The maximum absolute atomic E-state index is 13.0. The molecule has 30 heavy (non-hydrogen) atoms. The molecule has 3 rings (SSSR count). The van der Waals surface area contributed by atoms with Gasteiger partial charge in [0.15, 0.2) is 0 Å². The van der Waals surface area contributed by atoms with E-state index in [0.717, 1.165) is 12.8 Å². The number of amides is 2. The van der Waals surface area contributed by atoms with E-state index in [1.165, 1.54) is 29.3 Å². The molecule has 1 saturated carbocycles. The Morgan fingerprint density at radius 3 is 2.07 bits per heavy atom. The highest BCUT2D eigenvalue weighted by Gasteiger charge is 2.31. The van der Waals surface area contributed by atoms with Gasteiger partial charge in [-0.15, -0.1) is 0 Å². The lowest BCUT2D eigenvalue weighted by Crippen LogP contribution is -2.50. The van der Waals surface area contributed by atoms with Crippen LogP contribution in [0, 0.1) is 5.92 Å². The standard InChI is InChI=1S/C22H33N3O4S/c1-3-23(4-2)22(27)19-9-11-20(12-10-19)30(28,29)25-15-13-24(14-16-25)21(26)17-18-7-5-6-8-18/h9-12,18H,3-8,13-17H2,1-2H3. The molecule has 1 heterocycles. The van der Waals surface area contributed by atoms with Crippen LogP contribution in [-0.4, -0.2) is 73.6 Å². The molecule has 0 spiro atoms. The Labute approximate surface area is 180 Å². The molecule has 0 radical (unpaired) electrons. The van der Waals surface area contributed by atoms with E-state index < -0.39 is 10.0 Å². The van der Waals surface area contributed by atoms with Gasteiger partial charge < -0.3 is 9.80 Å². The number of benzene rings is 1. The van der Waals surface area contributed by atoms with Crippen LogP contribution in [0.1, 0.15) is 56.3 Å². The zero-order chi connectivity index (χ0) is 21.7. The molecular weight excluding hydrogens is 402 g/mol. The van der Waals surface area contributed by atoms with Crippen molar-refractivity contribution in [2.45, 2.75) is 50.8 Å². The van der Waals surface area contributed by atoms with Crippen molar-refractivity contribution < 1.29 is 18.0 Å². The van der Waals surface area contributed by atoms with E-state index in [1.54, 1.807) is 21.9 Å². The van der Waals surface area contributed by atoms with Gasteiger partial charge in [-0.25, -0.2) is 8.42 Å². The van der Waals surface area contributed by atoms with Gasteiger partial charge in [0.2, 0.25) is 15.9 Å². The molecule has 1 aliphatic heterocycles. The number of piperazine rings is 1. The van der Waals surface area contributed by atoms with E-state index in [1.807, 2.05) is 13.8 Å². The maximum Gasteiger partial charge on any atom is 0.253 e. The second kappa shape index (κ2) is 9.92. The summed E-state index contributed by atoms with van der Waals surface area (Å²) in [7, 11) is -3.64. The van der Waals surface area contributed by atoms with Crippen LogP contribution in [-0.2, 0) is 14.8 Å². The third-order valence-electron chi connectivity index (χ3n) is 6.32. The van der Waals surface area contributed by atoms with Crippen LogP contribution < -0.4 is 0 Å². The van der Waals surface area contributed by atoms with E-state index in [2.05, 4.69) is 0 Å². The van der Waals surface area contributed by atoms with E-state index in [0.29, 0.717) is 57.2 Å². The van der Waals surface area contributed by atoms with Gasteiger partial charge in [-0.1, -0.05) is 12.8 Å². The fourth-order valence-corrected chi connectivity index (χ4v) is 5.80. The van der Waals surface area contributed by atoms with Crippen molar-refractivity contribution in [1.82, 2.24) is 14.1 Å². The summed E-state index contributed by atoms with van der Waals surface area (Å²) in [5.41, 5.74) is 0.486. The molecule has 1 aliphatic carbocycles. The lowest BCUT2D eigenvalue weighted by atomic mass is 10.0. The first-order chi connectivity index (χ1) is 14.4. The van der Waals surface area contributed by atoms with Crippen LogP contribution in [0.3, 0.4) is 0 Å². The van der Waals surface area contributed by atoms with Crippen molar-refractivity contribution in [3.8, 4) is 0 Å². The minimum atomic E-state index is -3.64. The van der Waals surface area contributed by atoms with Crippen molar-refractivity contribution in [1.29, 1.82) is 0 Å². The molecule has 2 fully saturated rings. The first-order valence-corrected chi connectivity index (χ1v) is 12.5. The minimum Gasteiger partial charge on any atom is -0.340 e. The smallest absolute Gasteiger partial charge is 0.253 e. The number of rotatable bonds is 7. The van der Waals surface area contributed by atoms with Gasteiger partial charge in [0, 0.05) is 51.3 Å². The monoisotopic (exact) mass is 435 g/mol. The third kappa shape index (κ3) is 5.03. The predicted molar refractivity (Wildman–Crippen MR) is 116 cm³/mol. The number of hydrogen-bond donors (Lipinski definition) is 0. The molecule has 0 bridgehead atoms. The summed E-state index contributed by atoms with van der Waals surface area (Å²) >= 11 is 0. The number of nitrogens with zero attached hydrogens (tertiary/aromatic N) is 3. The normalized spacial score (nSPS) is 18.5. The first kappa shape index (κ1) is 22.7. The predicted octanol–water partition coefficient (Wildman–Crippen LogP) is 2.58. The number of sulfonamides is 1. The van der Waals surface area contributed by atoms with Gasteiger partial charge in [0.25, 0.3) is 5.91 Å². The van der Waals surface area contributed by atoms with Crippen LogP contribution >= 0.6 is 0 Å². The van der Waals surface area contributed by atoms with Gasteiger partial charge in [0.1, 0.15) is 0 Å². The van der Waals surface area contributed by atoms with Crippen molar-refractivity contribution in [3.05, 3.63) is 29.8 Å². The number of carbonyl (C=O) groups excluding carboxylic acids is 2. The van der Waals surface area contributed by atoms with E-state index in [4.69, 9.17) is 0 Å². The average Bonchev–Trinajstić information content (AvgIpc) is 3.27. The fraction of sp³-hybridized carbons (Fsp3) is 0.636. The number of carbonyl (C=O) groups is 2. The second-order valence-electron chi connectivity index (χ2n) is 8.14. The molecule has 1 saturated heterocycles. The highest BCUT2D eigenvalue weighted by molar-refractivity contribution is 7.89. The topological polar surface area (TPSA) is 78.0 Å². The highest BCUT2D eigenvalue weighted by atomic mass is 32.2. The van der Waals surface area contributed by atoms with Gasteiger partial charge in [-0.05, 0) is 56.9 Å². The maximum atomic E-state index is 13.0. The van der Waals surface area contributed by atoms with E-state index in [9.17, 15) is 18.0 Å². The second-order valence-corrected chi connectivity index (χ2v) is 10.1. The molecule has 8 heteroatoms. The van der Waals surface area contributed by atoms with Gasteiger partial charge in [-0.2, -0.15) is 4.31 Å². The van der Waals surface area contributed by atoms with Crippen LogP contribution in [0.4, 0.5) is 0 Å². The van der Waals surface area contributed by atoms with Crippen molar-refractivity contribution >= 4 is 21.8 Å². The Morgan fingerprint density at radius 1 is 0.967 bits per heavy atom. The molecule has 2 amide bonds. The molecule has 0 N–H and O–H groups in total. The van der Waals surface area contributed by atoms with E-state index >= 15 is 0 Å². The lowest BCUT2D eigenvalue weighted by molar-refractivity contribution is -0.133. The summed E-state index contributed by atoms with van der Waals surface area (Å²) in [6.07, 6.45) is 5.28. The molecular formula is C22H33N3O4S. The summed E-state index contributed by atoms with van der Waals surface area (Å²) < 4.78 is 27.4. The Hall–Kier alpha value is -1.93. The van der Waals surface area contributed by atoms with Crippen LogP contribution in [0.15, 0.2) is 29.2 Å². The Bertz CT molecular complexity index is 836. The average molecular weight is 436 g/mol. The van der Waals surface area contributed by atoms with Gasteiger partial charge in [0.05, 0.1) is 4.90 Å². The lowest BCUT2D eigenvalue weighted by Gasteiger charge is -2.34. The van der Waals surface area contributed by atoms with Crippen LogP contribution in [0.5, 0.6) is 0 Å². The van der Waals surface area contributed by atoms with Crippen LogP contribution in [0.25, 0.3) is 0 Å². The molecule has 1 aromatic rings. The summed E-state index contributed by atoms with van der Waals surface area (Å²) in [5, 5.41) is 0. The van der Waals surface area contributed by atoms with Crippen molar-refractivity contribution in [3.63, 3.8) is 0 Å². The minimum absolute atomic E-state index is 0.0988. The Kier molecular flexibility index (Phi) is 7.52. The molecule has 0 aromatic heterocycles. The third-order valence-corrected chi connectivity index (χ3v) is 8.23. The molecule has 0 atom stereocenters. The zero-order valence-corrected chi connectivity index (χ0v) is 18.9. The molecule has 2 aliphatic rings. The molecule has 0 unspecified atom stereocenters.